The van der Waals surface area contributed by atoms with Crippen molar-refractivity contribution in [3.63, 3.8) is 0 Å². The first-order valence-corrected chi connectivity index (χ1v) is 7.73. The molecule has 0 aliphatic carbocycles. The lowest BCUT2D eigenvalue weighted by molar-refractivity contribution is 0.500. The Bertz CT molecular complexity index is 188. The Labute approximate surface area is 74.1 Å². The lowest BCUT2D eigenvalue weighted by Gasteiger charge is -2.10. The van der Waals surface area contributed by atoms with Crippen LogP contribution in [0.15, 0.2) is 25.3 Å². The fourth-order valence-corrected chi connectivity index (χ4v) is 4.37. The van der Waals surface area contributed by atoms with Gasteiger partial charge in [0, 0.05) is 11.5 Å². The Morgan fingerprint density at radius 1 is 1.27 bits per heavy atom. The van der Waals surface area contributed by atoms with Gasteiger partial charge >= 0.3 is 0 Å². The third kappa shape index (κ3) is 4.83. The van der Waals surface area contributed by atoms with Crippen LogP contribution >= 0.6 is 17.1 Å². The van der Waals surface area contributed by atoms with E-state index in [2.05, 4.69) is 13.2 Å². The van der Waals surface area contributed by atoms with Crippen LogP contribution in [0.2, 0.25) is 0 Å². The molecule has 0 unspecified atom stereocenters. The molecule has 0 atom stereocenters. The monoisotopic (exact) mass is 214 g/mol. The zero-order valence-corrected chi connectivity index (χ0v) is 8.58. The predicted molar refractivity (Wildman–Crippen MR) is 54.7 cm³/mol. The van der Waals surface area contributed by atoms with Crippen molar-refractivity contribution in [3.8, 4) is 0 Å². The Morgan fingerprint density at radius 3 is 1.82 bits per heavy atom. The summed E-state index contributed by atoms with van der Waals surface area (Å²) in [4.78, 5) is 18.2. The quantitative estimate of drug-likeness (QED) is 0.554. The van der Waals surface area contributed by atoms with Gasteiger partial charge < -0.3 is 9.79 Å². The fraction of sp³-hybridized carbons (Fsp3) is 0.333. The molecule has 5 heteroatoms. The van der Waals surface area contributed by atoms with Crippen LogP contribution in [0.4, 0.5) is 0 Å². The normalized spacial score (nSPS) is 11.6. The van der Waals surface area contributed by atoms with Gasteiger partial charge in [0.1, 0.15) is 0 Å². The summed E-state index contributed by atoms with van der Waals surface area (Å²) in [6, 6.07) is 0. The van der Waals surface area contributed by atoms with Crippen LogP contribution < -0.4 is 0 Å². The molecule has 0 aromatic heterocycles. The minimum absolute atomic E-state index is 0.538. The van der Waals surface area contributed by atoms with Gasteiger partial charge in [-0.3, -0.25) is 0 Å². The molecule has 66 valence electrons. The minimum Gasteiger partial charge on any atom is -0.338 e. The number of hydrogen-bond donors (Lipinski definition) is 2. The van der Waals surface area contributed by atoms with Gasteiger partial charge in [-0.15, -0.1) is 23.2 Å². The number of halogens is 1. The molecule has 11 heavy (non-hydrogen) atoms. The highest BCUT2D eigenvalue weighted by Crippen LogP contribution is 2.47. The largest absolute Gasteiger partial charge is 0.338 e. The molecule has 0 amide bonds. The van der Waals surface area contributed by atoms with Crippen molar-refractivity contribution in [2.75, 3.05) is 11.5 Å². The lowest BCUT2D eigenvalue weighted by atomic mass is 10.8. The van der Waals surface area contributed by atoms with E-state index in [1.165, 1.54) is 0 Å². The Morgan fingerprint density at radius 2 is 1.64 bits per heavy atom. The highest BCUT2D eigenvalue weighted by Gasteiger charge is 2.09. The van der Waals surface area contributed by atoms with Crippen LogP contribution in [0.1, 0.15) is 0 Å². The van der Waals surface area contributed by atoms with Crippen LogP contribution in [0.25, 0.3) is 0 Å². The van der Waals surface area contributed by atoms with E-state index < -0.39 is 15.9 Å². The molecule has 0 saturated carbocycles. The first-order valence-electron chi connectivity index (χ1n) is 2.96. The topological polar surface area (TPSA) is 40.5 Å². The van der Waals surface area contributed by atoms with Gasteiger partial charge in [-0.2, -0.15) is 0 Å². The second kappa shape index (κ2) is 5.18. The van der Waals surface area contributed by atoms with E-state index in [-0.39, 0.29) is 0 Å². The smallest absolute Gasteiger partial charge is 0.236 e. The summed E-state index contributed by atoms with van der Waals surface area (Å²) in [5.41, 5.74) is 0. The first-order chi connectivity index (χ1) is 5.02. The molecule has 0 heterocycles. The van der Waals surface area contributed by atoms with E-state index in [1.54, 1.807) is 12.2 Å². The molecule has 0 spiro atoms. The van der Waals surface area contributed by atoms with E-state index in [0.717, 1.165) is 0 Å². The number of hydrogen-bond acceptors (Lipinski definition) is 0. The van der Waals surface area contributed by atoms with Gasteiger partial charge in [-0.05, 0) is 11.2 Å². The van der Waals surface area contributed by atoms with E-state index in [1.807, 2.05) is 0 Å². The van der Waals surface area contributed by atoms with Crippen LogP contribution in [-0.2, 0) is 10.1 Å². The Kier molecular flexibility index (Phi) is 5.40. The molecular formula is C6H12ClO2PS. The zero-order chi connectivity index (χ0) is 8.91. The Balaban J connectivity index is 4.57. The molecule has 0 radical (unpaired) electrons. The summed E-state index contributed by atoms with van der Waals surface area (Å²) in [5.74, 6) is -2.13. The molecule has 0 bridgehead atoms. The molecule has 0 aliphatic heterocycles. The summed E-state index contributed by atoms with van der Waals surface area (Å²) in [6.45, 7) is 7.01. The van der Waals surface area contributed by atoms with Crippen LogP contribution in [0.3, 0.4) is 0 Å². The maximum Gasteiger partial charge on any atom is 0.236 e. The van der Waals surface area contributed by atoms with Crippen LogP contribution in [0, 0.1) is 0 Å². The third-order valence-corrected chi connectivity index (χ3v) is 7.47. The molecule has 2 nitrogen and oxygen atoms in total. The summed E-state index contributed by atoms with van der Waals surface area (Å²) in [5, 5.41) is 0. The average Bonchev–Trinajstić information content (AvgIpc) is 1.85. The van der Waals surface area contributed by atoms with E-state index in [0.29, 0.717) is 11.5 Å². The Hall–Kier alpha value is 0.470. The first kappa shape index (κ1) is 11.5. The lowest BCUT2D eigenvalue weighted by Crippen LogP contribution is -1.98. The van der Waals surface area contributed by atoms with Crippen molar-refractivity contribution in [1.82, 2.24) is 0 Å². The standard InChI is InChI=1S/C6H12ClO2PS/c1-3-5-11(6-4-2)10(7,8)9/h3-4,8-9H,1-2,5-6H2. The van der Waals surface area contributed by atoms with Gasteiger partial charge in [0.15, 0.2) is 0 Å². The van der Waals surface area contributed by atoms with Crippen LogP contribution in [0.5, 0.6) is 0 Å². The molecule has 2 N–H and O–H groups in total. The van der Waals surface area contributed by atoms with Crippen LogP contribution in [-0.4, -0.2) is 21.3 Å². The van der Waals surface area contributed by atoms with Gasteiger partial charge in [0.2, 0.25) is 5.84 Å². The molecule has 0 aliphatic rings. The highest BCUT2D eigenvalue weighted by atomic mass is 35.7. The molecular weight excluding hydrogens is 203 g/mol. The SMILES string of the molecule is C=CCS(CC=C)=P(O)(O)Cl. The molecule has 0 fully saturated rings. The van der Waals surface area contributed by atoms with Crippen molar-refractivity contribution in [3.05, 3.63) is 25.3 Å². The summed E-state index contributed by atoms with van der Waals surface area (Å²) in [7, 11) is -0.590. The average molecular weight is 215 g/mol. The fourth-order valence-electron chi connectivity index (χ4n) is 0.530. The van der Waals surface area contributed by atoms with Gasteiger partial charge in [-0.25, -0.2) is 0 Å². The molecule has 0 rings (SSSR count). The maximum absolute atomic E-state index is 9.09. The minimum atomic E-state index is -3.20. The van der Waals surface area contributed by atoms with Gasteiger partial charge in [-0.1, -0.05) is 12.2 Å². The van der Waals surface area contributed by atoms with Crippen molar-refractivity contribution in [1.29, 1.82) is 0 Å². The van der Waals surface area contributed by atoms with Crippen molar-refractivity contribution < 1.29 is 9.79 Å². The van der Waals surface area contributed by atoms with E-state index in [9.17, 15) is 0 Å². The van der Waals surface area contributed by atoms with Crippen molar-refractivity contribution >= 4 is 27.2 Å². The van der Waals surface area contributed by atoms with Gasteiger partial charge in [0.05, 0.1) is 0 Å². The summed E-state index contributed by atoms with van der Waals surface area (Å²) < 4.78 is 0. The zero-order valence-electron chi connectivity index (χ0n) is 6.11. The van der Waals surface area contributed by atoms with E-state index in [4.69, 9.17) is 21.0 Å². The second-order valence-corrected chi connectivity index (χ2v) is 9.48. The third-order valence-electron chi connectivity index (χ3n) is 0.949. The number of rotatable bonds is 4. The predicted octanol–water partition coefficient (Wildman–Crippen LogP) is 1.88. The molecule has 0 aromatic carbocycles. The highest BCUT2D eigenvalue weighted by molar-refractivity contribution is 8.37. The molecule has 0 saturated heterocycles. The molecule has 0 aromatic rings. The maximum atomic E-state index is 9.09. The van der Waals surface area contributed by atoms with E-state index >= 15 is 0 Å². The van der Waals surface area contributed by atoms with Gasteiger partial charge in [0.25, 0.3) is 0 Å². The van der Waals surface area contributed by atoms with Crippen molar-refractivity contribution in [2.45, 2.75) is 0 Å². The second-order valence-electron chi connectivity index (χ2n) is 1.85. The summed E-state index contributed by atoms with van der Waals surface area (Å²) >= 11 is 5.40. The van der Waals surface area contributed by atoms with Crippen molar-refractivity contribution in [2.24, 2.45) is 0 Å². The summed E-state index contributed by atoms with van der Waals surface area (Å²) in [6.07, 6.45) is 3.27.